The third kappa shape index (κ3) is 7.82. The van der Waals surface area contributed by atoms with E-state index < -0.39 is 46.6 Å². The zero-order valence-corrected chi connectivity index (χ0v) is 26.3. The number of alkyl carbamates (subject to hydrolysis) is 1. The lowest BCUT2D eigenvalue weighted by Crippen LogP contribution is -2.51. The van der Waals surface area contributed by atoms with E-state index in [1.54, 1.807) is 0 Å². The average molecular weight is 646 g/mol. The van der Waals surface area contributed by atoms with E-state index in [2.05, 4.69) is 10.5 Å². The van der Waals surface area contributed by atoms with Crippen molar-refractivity contribution in [2.75, 3.05) is 33.4 Å². The average Bonchev–Trinajstić information content (AvgIpc) is 3.74. The SMILES string of the molecule is COC(=O)Cc1noc2ccc(S(=O)(=O)N(CC(C)C)C[C@@H](O)[C@H](Cc3ccccc3)NC(=O)OC3CO[C@H]4OCC[C@@H]34)cc12. The van der Waals surface area contributed by atoms with Crippen LogP contribution < -0.4 is 5.32 Å². The lowest BCUT2D eigenvalue weighted by Gasteiger charge is -2.31. The molecule has 2 aliphatic rings. The summed E-state index contributed by atoms with van der Waals surface area (Å²) in [5, 5.41) is 18.6. The highest BCUT2D eigenvalue weighted by Crippen LogP contribution is 2.33. The van der Waals surface area contributed by atoms with Crippen molar-refractivity contribution in [1.29, 1.82) is 0 Å². The van der Waals surface area contributed by atoms with Crippen LogP contribution in [-0.2, 0) is 46.6 Å². The first-order chi connectivity index (χ1) is 21.5. The second-order valence-corrected chi connectivity index (χ2v) is 13.7. The Morgan fingerprint density at radius 1 is 1.13 bits per heavy atom. The summed E-state index contributed by atoms with van der Waals surface area (Å²) in [5.74, 6) is -0.693. The first-order valence-corrected chi connectivity index (χ1v) is 16.4. The number of nitrogens with one attached hydrogen (secondary N) is 1. The second kappa shape index (κ2) is 14.3. The number of rotatable bonds is 13. The number of aromatic nitrogens is 1. The van der Waals surface area contributed by atoms with Gasteiger partial charge in [0.1, 0.15) is 11.8 Å². The van der Waals surface area contributed by atoms with Crippen LogP contribution in [0.1, 0.15) is 31.5 Å². The molecular weight excluding hydrogens is 606 g/mol. The van der Waals surface area contributed by atoms with Gasteiger partial charge in [-0.15, -0.1) is 0 Å². The summed E-state index contributed by atoms with van der Waals surface area (Å²) in [6.07, 6.45) is -2.16. The molecule has 3 aromatic rings. The summed E-state index contributed by atoms with van der Waals surface area (Å²) in [6, 6.07) is 12.7. The normalized spacial score (nSPS) is 21.2. The van der Waals surface area contributed by atoms with Gasteiger partial charge in [-0.3, -0.25) is 4.79 Å². The lowest BCUT2D eigenvalue weighted by atomic mass is 10.0. The van der Waals surface area contributed by atoms with Crippen LogP contribution in [0.3, 0.4) is 0 Å². The van der Waals surface area contributed by atoms with E-state index in [-0.39, 0.29) is 55.0 Å². The van der Waals surface area contributed by atoms with Gasteiger partial charge in [0.05, 0.1) is 49.7 Å². The number of ether oxygens (including phenoxy) is 4. The highest BCUT2D eigenvalue weighted by Gasteiger charge is 2.44. The molecular formula is C31H39N3O10S. The van der Waals surface area contributed by atoms with Gasteiger partial charge in [0.15, 0.2) is 11.9 Å². The monoisotopic (exact) mass is 645 g/mol. The fourth-order valence-corrected chi connectivity index (χ4v) is 7.30. The number of sulfonamides is 1. The van der Waals surface area contributed by atoms with E-state index in [1.807, 2.05) is 44.2 Å². The predicted molar refractivity (Wildman–Crippen MR) is 160 cm³/mol. The summed E-state index contributed by atoms with van der Waals surface area (Å²) >= 11 is 0. The van der Waals surface area contributed by atoms with Crippen molar-refractivity contribution in [1.82, 2.24) is 14.8 Å². The number of hydrogen-bond acceptors (Lipinski definition) is 11. The molecule has 0 radical (unpaired) electrons. The van der Waals surface area contributed by atoms with Gasteiger partial charge in [0.2, 0.25) is 10.0 Å². The molecule has 0 spiro atoms. The predicted octanol–water partition coefficient (Wildman–Crippen LogP) is 2.65. The fraction of sp³-hybridized carbons (Fsp3) is 0.516. The number of methoxy groups -OCH3 is 1. The number of fused-ring (bicyclic) bond motifs is 2. The first-order valence-electron chi connectivity index (χ1n) is 14.9. The van der Waals surface area contributed by atoms with Gasteiger partial charge in [-0.2, -0.15) is 4.31 Å². The van der Waals surface area contributed by atoms with Gasteiger partial charge >= 0.3 is 12.1 Å². The Morgan fingerprint density at radius 3 is 2.64 bits per heavy atom. The maximum Gasteiger partial charge on any atom is 0.407 e. The number of carbonyl (C=O) groups is 2. The molecule has 2 N–H and O–H groups in total. The van der Waals surface area contributed by atoms with Crippen LogP contribution in [0.2, 0.25) is 0 Å². The van der Waals surface area contributed by atoms with Gasteiger partial charge in [0, 0.05) is 18.5 Å². The molecule has 0 aliphatic carbocycles. The summed E-state index contributed by atoms with van der Waals surface area (Å²) in [4.78, 5) is 24.9. The van der Waals surface area contributed by atoms with Crippen LogP contribution in [-0.4, -0.2) is 93.0 Å². The van der Waals surface area contributed by atoms with E-state index in [4.69, 9.17) is 23.5 Å². The molecule has 2 saturated heterocycles. The Kier molecular flexibility index (Phi) is 10.4. The van der Waals surface area contributed by atoms with Crippen molar-refractivity contribution in [3.05, 3.63) is 59.8 Å². The quantitative estimate of drug-likeness (QED) is 0.262. The topological polar surface area (TPSA) is 167 Å². The van der Waals surface area contributed by atoms with Crippen molar-refractivity contribution in [2.24, 2.45) is 11.8 Å². The van der Waals surface area contributed by atoms with Crippen LogP contribution in [0.4, 0.5) is 4.79 Å². The molecule has 3 heterocycles. The Labute approximate surface area is 261 Å². The number of amides is 1. The van der Waals surface area contributed by atoms with Crippen molar-refractivity contribution in [2.45, 2.75) is 62.5 Å². The highest BCUT2D eigenvalue weighted by atomic mass is 32.2. The minimum atomic E-state index is -4.16. The maximum absolute atomic E-state index is 14.0. The molecule has 0 bridgehead atoms. The summed E-state index contributed by atoms with van der Waals surface area (Å²) < 4.78 is 56.0. The van der Waals surface area contributed by atoms with Gasteiger partial charge in [-0.1, -0.05) is 49.3 Å². The van der Waals surface area contributed by atoms with E-state index in [1.165, 1.54) is 29.6 Å². The van der Waals surface area contributed by atoms with Crippen molar-refractivity contribution < 1.29 is 46.6 Å². The fourth-order valence-electron chi connectivity index (χ4n) is 5.65. The summed E-state index contributed by atoms with van der Waals surface area (Å²) in [7, 11) is -2.91. The lowest BCUT2D eigenvalue weighted by molar-refractivity contribution is -0.139. The van der Waals surface area contributed by atoms with Crippen molar-refractivity contribution in [3.8, 4) is 0 Å². The Hall–Kier alpha value is -3.56. The van der Waals surface area contributed by atoms with E-state index in [9.17, 15) is 23.1 Å². The molecule has 244 valence electrons. The van der Waals surface area contributed by atoms with Gasteiger partial charge in [0.25, 0.3) is 0 Å². The Morgan fingerprint density at radius 2 is 1.91 bits per heavy atom. The zero-order valence-electron chi connectivity index (χ0n) is 25.5. The minimum Gasteiger partial charge on any atom is -0.469 e. The zero-order chi connectivity index (χ0) is 32.1. The number of nitrogens with zero attached hydrogens (tertiary/aromatic N) is 2. The minimum absolute atomic E-state index is 0.0567. The van der Waals surface area contributed by atoms with E-state index in [0.29, 0.717) is 24.0 Å². The molecule has 2 aromatic carbocycles. The molecule has 1 unspecified atom stereocenters. The van der Waals surface area contributed by atoms with E-state index in [0.717, 1.165) is 5.56 Å². The molecule has 0 saturated carbocycles. The van der Waals surface area contributed by atoms with Crippen LogP contribution in [0.15, 0.2) is 57.9 Å². The van der Waals surface area contributed by atoms with Crippen LogP contribution in [0.25, 0.3) is 11.0 Å². The van der Waals surface area contributed by atoms with Crippen LogP contribution in [0, 0.1) is 11.8 Å². The number of esters is 1. The van der Waals surface area contributed by atoms with Crippen molar-refractivity contribution >= 4 is 33.1 Å². The van der Waals surface area contributed by atoms with Crippen LogP contribution in [0.5, 0.6) is 0 Å². The summed E-state index contributed by atoms with van der Waals surface area (Å²) in [5.41, 5.74) is 1.40. The molecule has 2 fully saturated rings. The van der Waals surface area contributed by atoms with Crippen molar-refractivity contribution in [3.63, 3.8) is 0 Å². The maximum atomic E-state index is 14.0. The van der Waals surface area contributed by atoms with Crippen LogP contribution >= 0.6 is 0 Å². The molecule has 1 aromatic heterocycles. The third-order valence-corrected chi connectivity index (χ3v) is 9.79. The Balaban J connectivity index is 1.37. The smallest absolute Gasteiger partial charge is 0.407 e. The molecule has 13 nitrogen and oxygen atoms in total. The molecule has 5 atom stereocenters. The Bertz CT molecular complexity index is 1580. The standard InChI is InChI=1S/C31H39N3O10S/c1-19(2)16-34(45(38,39)21-9-10-27-23(14-21)24(33-44-27)15-29(36)40-3)17-26(35)25(13-20-7-5-4-6-8-20)32-31(37)43-28-18-42-30-22(28)11-12-41-30/h4-10,14,19,22,25-26,28,30,35H,11-13,15-18H2,1-3H3,(H,32,37)/t22-,25-,26+,28?,30+/m0/s1. The number of carbonyl (C=O) groups excluding carboxylic acids is 2. The number of hydrogen-bond donors (Lipinski definition) is 2. The second-order valence-electron chi connectivity index (χ2n) is 11.7. The van der Waals surface area contributed by atoms with Gasteiger partial charge in [-0.05, 0) is 42.5 Å². The summed E-state index contributed by atoms with van der Waals surface area (Å²) in [6.45, 7) is 4.28. The largest absolute Gasteiger partial charge is 0.469 e. The number of benzene rings is 2. The number of aliphatic hydroxyl groups excluding tert-OH is 1. The molecule has 45 heavy (non-hydrogen) atoms. The number of aliphatic hydroxyl groups is 1. The first kappa shape index (κ1) is 32.8. The molecule has 5 rings (SSSR count). The van der Waals surface area contributed by atoms with Gasteiger partial charge < -0.3 is 33.9 Å². The highest BCUT2D eigenvalue weighted by molar-refractivity contribution is 7.89. The molecule has 1 amide bonds. The molecule has 14 heteroatoms. The van der Waals surface area contributed by atoms with E-state index >= 15 is 0 Å². The van der Waals surface area contributed by atoms with Gasteiger partial charge in [-0.25, -0.2) is 13.2 Å². The molecule has 2 aliphatic heterocycles. The third-order valence-electron chi connectivity index (χ3n) is 7.96.